The molecule has 1 aromatic rings. The topological polar surface area (TPSA) is 24.9 Å². The van der Waals surface area contributed by atoms with Crippen molar-refractivity contribution in [2.45, 2.75) is 31.7 Å². The molecule has 1 aliphatic rings. The van der Waals surface area contributed by atoms with Gasteiger partial charge in [-0.3, -0.25) is 10.3 Å². The zero-order chi connectivity index (χ0) is 9.97. The standard InChI is InChI=1S/C11H16N2S/c1-8-3-4-10(7-12-8)11-13-9(2)5-6-14-11/h3-4,7,9,11,13H,5-6H2,1-2H3. The minimum Gasteiger partial charge on any atom is -0.299 e. The van der Waals surface area contributed by atoms with Gasteiger partial charge in [-0.1, -0.05) is 6.07 Å². The van der Waals surface area contributed by atoms with Crippen LogP contribution < -0.4 is 5.32 Å². The molecule has 1 aromatic heterocycles. The second-order valence-corrected chi connectivity index (χ2v) is 5.05. The molecule has 0 aromatic carbocycles. The first-order chi connectivity index (χ1) is 6.75. The molecule has 0 bridgehead atoms. The van der Waals surface area contributed by atoms with Crippen LogP contribution in [0.15, 0.2) is 18.3 Å². The predicted octanol–water partition coefficient (Wildman–Crippen LogP) is 2.50. The summed E-state index contributed by atoms with van der Waals surface area (Å²) in [6.07, 6.45) is 3.25. The Morgan fingerprint density at radius 3 is 3.00 bits per heavy atom. The Labute approximate surface area is 89.5 Å². The molecule has 2 nitrogen and oxygen atoms in total. The Morgan fingerprint density at radius 2 is 2.36 bits per heavy atom. The summed E-state index contributed by atoms with van der Waals surface area (Å²) in [5, 5.41) is 4.01. The Balaban J connectivity index is 2.10. The maximum Gasteiger partial charge on any atom is 0.0806 e. The lowest BCUT2D eigenvalue weighted by Gasteiger charge is -2.28. The zero-order valence-electron chi connectivity index (χ0n) is 8.66. The molecule has 0 saturated carbocycles. The maximum absolute atomic E-state index is 4.33. The highest BCUT2D eigenvalue weighted by atomic mass is 32.2. The van der Waals surface area contributed by atoms with Crippen LogP contribution in [0, 0.1) is 6.92 Å². The van der Waals surface area contributed by atoms with E-state index in [0.29, 0.717) is 11.4 Å². The summed E-state index contributed by atoms with van der Waals surface area (Å²) in [7, 11) is 0. The van der Waals surface area contributed by atoms with E-state index in [2.05, 4.69) is 29.4 Å². The van der Waals surface area contributed by atoms with Crippen molar-refractivity contribution in [2.24, 2.45) is 0 Å². The van der Waals surface area contributed by atoms with Crippen LogP contribution in [-0.2, 0) is 0 Å². The number of pyridine rings is 1. The van der Waals surface area contributed by atoms with Crippen LogP contribution in [0.25, 0.3) is 0 Å². The maximum atomic E-state index is 4.33. The summed E-state index contributed by atoms with van der Waals surface area (Å²) >= 11 is 1.97. The summed E-state index contributed by atoms with van der Waals surface area (Å²) in [5.41, 5.74) is 2.38. The second-order valence-electron chi connectivity index (χ2n) is 3.84. The van der Waals surface area contributed by atoms with Crippen LogP contribution in [-0.4, -0.2) is 16.8 Å². The number of thioether (sulfide) groups is 1. The lowest BCUT2D eigenvalue weighted by atomic mass is 10.2. The van der Waals surface area contributed by atoms with Crippen molar-refractivity contribution in [3.05, 3.63) is 29.6 Å². The van der Waals surface area contributed by atoms with Crippen LogP contribution in [0.5, 0.6) is 0 Å². The Morgan fingerprint density at radius 1 is 1.50 bits per heavy atom. The molecule has 0 aliphatic carbocycles. The minimum atomic E-state index is 0.437. The van der Waals surface area contributed by atoms with Crippen LogP contribution in [0.2, 0.25) is 0 Å². The van der Waals surface area contributed by atoms with E-state index in [1.165, 1.54) is 17.7 Å². The number of hydrogen-bond donors (Lipinski definition) is 1. The van der Waals surface area contributed by atoms with E-state index in [0.717, 1.165) is 5.69 Å². The molecule has 1 saturated heterocycles. The van der Waals surface area contributed by atoms with Gasteiger partial charge in [0.25, 0.3) is 0 Å². The van der Waals surface area contributed by atoms with E-state index in [-0.39, 0.29) is 0 Å². The number of aromatic nitrogens is 1. The van der Waals surface area contributed by atoms with Crippen molar-refractivity contribution in [1.82, 2.24) is 10.3 Å². The molecular formula is C11H16N2S. The molecule has 76 valence electrons. The van der Waals surface area contributed by atoms with Gasteiger partial charge in [0, 0.05) is 17.9 Å². The Hall–Kier alpha value is -0.540. The van der Waals surface area contributed by atoms with Gasteiger partial charge in [0.05, 0.1) is 5.37 Å². The zero-order valence-corrected chi connectivity index (χ0v) is 9.47. The normalized spacial score (nSPS) is 27.6. The molecule has 2 atom stereocenters. The number of nitrogens with one attached hydrogen (secondary N) is 1. The van der Waals surface area contributed by atoms with E-state index in [9.17, 15) is 0 Å². The molecule has 2 heterocycles. The smallest absolute Gasteiger partial charge is 0.0806 e. The van der Waals surface area contributed by atoms with Gasteiger partial charge in [0.1, 0.15) is 0 Å². The van der Waals surface area contributed by atoms with Crippen molar-refractivity contribution in [3.8, 4) is 0 Å². The van der Waals surface area contributed by atoms with E-state index in [1.54, 1.807) is 0 Å². The third-order valence-corrected chi connectivity index (χ3v) is 3.72. The highest BCUT2D eigenvalue weighted by Crippen LogP contribution is 2.30. The summed E-state index contributed by atoms with van der Waals surface area (Å²) in [6, 6.07) is 4.88. The first-order valence-electron chi connectivity index (χ1n) is 5.06. The third-order valence-electron chi connectivity index (χ3n) is 2.51. The average molecular weight is 208 g/mol. The molecule has 14 heavy (non-hydrogen) atoms. The fourth-order valence-corrected chi connectivity index (χ4v) is 2.97. The van der Waals surface area contributed by atoms with E-state index in [4.69, 9.17) is 0 Å². The van der Waals surface area contributed by atoms with Crippen molar-refractivity contribution < 1.29 is 0 Å². The number of hydrogen-bond acceptors (Lipinski definition) is 3. The van der Waals surface area contributed by atoms with E-state index in [1.807, 2.05) is 24.9 Å². The summed E-state index contributed by atoms with van der Waals surface area (Å²) in [6.45, 7) is 4.27. The fourth-order valence-electron chi connectivity index (χ4n) is 1.58. The SMILES string of the molecule is Cc1ccc(C2NC(C)CCS2)cn1. The molecular weight excluding hydrogens is 192 g/mol. The van der Waals surface area contributed by atoms with Gasteiger partial charge < -0.3 is 0 Å². The lowest BCUT2D eigenvalue weighted by Crippen LogP contribution is -2.33. The van der Waals surface area contributed by atoms with Gasteiger partial charge in [0.2, 0.25) is 0 Å². The predicted molar refractivity (Wildman–Crippen MR) is 61.4 cm³/mol. The van der Waals surface area contributed by atoms with E-state index >= 15 is 0 Å². The molecule has 2 rings (SSSR count). The lowest BCUT2D eigenvalue weighted by molar-refractivity contribution is 0.511. The fraction of sp³-hybridized carbons (Fsp3) is 0.545. The molecule has 0 amide bonds. The first-order valence-corrected chi connectivity index (χ1v) is 6.11. The monoisotopic (exact) mass is 208 g/mol. The Kier molecular flexibility index (Phi) is 3.08. The van der Waals surface area contributed by atoms with Crippen LogP contribution in [0.4, 0.5) is 0 Å². The van der Waals surface area contributed by atoms with Gasteiger partial charge in [-0.2, -0.15) is 0 Å². The quantitative estimate of drug-likeness (QED) is 0.767. The molecule has 0 spiro atoms. The van der Waals surface area contributed by atoms with Crippen LogP contribution in [0.3, 0.4) is 0 Å². The van der Waals surface area contributed by atoms with Gasteiger partial charge in [-0.15, -0.1) is 11.8 Å². The summed E-state index contributed by atoms with van der Waals surface area (Å²) < 4.78 is 0. The van der Waals surface area contributed by atoms with Crippen LogP contribution in [0.1, 0.15) is 30.0 Å². The van der Waals surface area contributed by atoms with E-state index < -0.39 is 0 Å². The van der Waals surface area contributed by atoms with Crippen LogP contribution >= 0.6 is 11.8 Å². The number of nitrogens with zero attached hydrogens (tertiary/aromatic N) is 1. The average Bonchev–Trinajstić information content (AvgIpc) is 2.19. The molecule has 0 radical (unpaired) electrons. The minimum absolute atomic E-state index is 0.437. The highest BCUT2D eigenvalue weighted by molar-refractivity contribution is 7.99. The van der Waals surface area contributed by atoms with Gasteiger partial charge in [0.15, 0.2) is 0 Å². The second kappa shape index (κ2) is 4.32. The number of aryl methyl sites for hydroxylation is 1. The molecule has 1 fully saturated rings. The molecule has 1 N–H and O–H groups in total. The molecule has 2 unspecified atom stereocenters. The van der Waals surface area contributed by atoms with Crippen molar-refractivity contribution in [1.29, 1.82) is 0 Å². The van der Waals surface area contributed by atoms with Crippen molar-refractivity contribution in [3.63, 3.8) is 0 Å². The van der Waals surface area contributed by atoms with Gasteiger partial charge in [-0.05, 0) is 37.7 Å². The largest absolute Gasteiger partial charge is 0.299 e. The molecule has 1 aliphatic heterocycles. The van der Waals surface area contributed by atoms with Gasteiger partial charge >= 0.3 is 0 Å². The first kappa shape index (κ1) is 9.99. The number of rotatable bonds is 1. The van der Waals surface area contributed by atoms with Gasteiger partial charge in [-0.25, -0.2) is 0 Å². The Bertz CT molecular complexity index is 297. The van der Waals surface area contributed by atoms with Crippen molar-refractivity contribution in [2.75, 3.05) is 5.75 Å². The summed E-state index contributed by atoms with van der Waals surface area (Å²) in [4.78, 5) is 4.33. The summed E-state index contributed by atoms with van der Waals surface area (Å²) in [5.74, 6) is 1.24. The third kappa shape index (κ3) is 2.28. The molecule has 3 heteroatoms. The van der Waals surface area contributed by atoms with Crippen molar-refractivity contribution >= 4 is 11.8 Å². The highest BCUT2D eigenvalue weighted by Gasteiger charge is 2.19.